The molecule has 2 unspecified atom stereocenters. The Kier molecular flexibility index (Phi) is 1.72. The Morgan fingerprint density at radius 1 is 1.50 bits per heavy atom. The Hall–Kier alpha value is -1.13. The van der Waals surface area contributed by atoms with Crippen molar-refractivity contribution in [3.8, 4) is 0 Å². The van der Waals surface area contributed by atoms with Gasteiger partial charge in [-0.2, -0.15) is 0 Å². The Morgan fingerprint density at radius 2 is 2.43 bits per heavy atom. The molecule has 0 aromatic carbocycles. The largest absolute Gasteiger partial charge is 0.493 e. The minimum atomic E-state index is 0.239. The number of fused-ring (bicyclic) bond motifs is 2. The van der Waals surface area contributed by atoms with Gasteiger partial charge in [0, 0.05) is 30.2 Å². The zero-order valence-corrected chi connectivity index (χ0v) is 7.84. The fourth-order valence-electron chi connectivity index (χ4n) is 2.29. The zero-order valence-electron chi connectivity index (χ0n) is 7.84. The van der Waals surface area contributed by atoms with E-state index < -0.39 is 0 Å². The van der Waals surface area contributed by atoms with Crippen molar-refractivity contribution in [1.82, 2.24) is 10.9 Å². The smallest absolute Gasteiger partial charge is 0.125 e. The summed E-state index contributed by atoms with van der Waals surface area (Å²) in [6.07, 6.45) is 4.91. The topological polar surface area (TPSA) is 57.1 Å². The van der Waals surface area contributed by atoms with Crippen LogP contribution in [0.4, 0.5) is 0 Å². The van der Waals surface area contributed by atoms with Crippen molar-refractivity contribution in [2.45, 2.75) is 12.5 Å². The summed E-state index contributed by atoms with van der Waals surface area (Å²) in [5.41, 5.74) is 8.11. The lowest BCUT2D eigenvalue weighted by atomic mass is 9.85. The van der Waals surface area contributed by atoms with Crippen LogP contribution in [0.1, 0.15) is 6.42 Å². The molecule has 0 amide bonds. The first-order valence-corrected chi connectivity index (χ1v) is 4.97. The van der Waals surface area contributed by atoms with Crippen molar-refractivity contribution in [3.63, 3.8) is 0 Å². The van der Waals surface area contributed by atoms with Crippen molar-refractivity contribution in [2.24, 2.45) is 5.92 Å². The van der Waals surface area contributed by atoms with Gasteiger partial charge in [0.25, 0.3) is 0 Å². The Bertz CT molecular complexity index is 345. The van der Waals surface area contributed by atoms with E-state index in [0.717, 1.165) is 30.0 Å². The molecule has 3 aliphatic rings. The van der Waals surface area contributed by atoms with E-state index in [-0.39, 0.29) is 6.04 Å². The van der Waals surface area contributed by atoms with Gasteiger partial charge in [-0.1, -0.05) is 6.08 Å². The van der Waals surface area contributed by atoms with Gasteiger partial charge in [0.05, 0.1) is 12.6 Å². The number of hydrogen-bond acceptors (Lipinski definition) is 4. The van der Waals surface area contributed by atoms with Gasteiger partial charge in [0.1, 0.15) is 5.76 Å². The molecule has 3 N–H and O–H groups in total. The number of hydrazine groups is 1. The van der Waals surface area contributed by atoms with E-state index in [4.69, 9.17) is 10.1 Å². The quantitative estimate of drug-likeness (QED) is 0.517. The summed E-state index contributed by atoms with van der Waals surface area (Å²) >= 11 is 0. The Morgan fingerprint density at radius 3 is 3.36 bits per heavy atom. The van der Waals surface area contributed by atoms with E-state index in [1.807, 2.05) is 6.08 Å². The number of rotatable bonds is 0. The first kappa shape index (κ1) is 8.20. The Labute approximate surface area is 82.5 Å². The SMILES string of the molecule is N=C1CCOC2=C1C1NNCC1C=C2. The molecular weight excluding hydrogens is 178 g/mol. The summed E-state index contributed by atoms with van der Waals surface area (Å²) < 4.78 is 5.54. The second-order valence-corrected chi connectivity index (χ2v) is 3.88. The second kappa shape index (κ2) is 2.93. The van der Waals surface area contributed by atoms with Crippen LogP contribution in [0.5, 0.6) is 0 Å². The number of allylic oxidation sites excluding steroid dienone is 1. The molecule has 74 valence electrons. The highest BCUT2D eigenvalue weighted by Crippen LogP contribution is 2.30. The fraction of sp³-hybridized carbons (Fsp3) is 0.500. The minimum Gasteiger partial charge on any atom is -0.493 e. The van der Waals surface area contributed by atoms with Crippen molar-refractivity contribution in [2.75, 3.05) is 13.2 Å². The average Bonchev–Trinajstić information content (AvgIpc) is 2.65. The van der Waals surface area contributed by atoms with Gasteiger partial charge in [0.15, 0.2) is 0 Å². The standard InChI is InChI=1S/C10H13N3O/c11-7-3-4-14-8-2-1-6-5-12-13-10(6)9(7)8/h1-2,6,10-13H,3-5H2. The normalized spacial score (nSPS) is 35.3. The summed E-state index contributed by atoms with van der Waals surface area (Å²) in [7, 11) is 0. The zero-order chi connectivity index (χ0) is 9.54. The number of nitrogens with one attached hydrogen (secondary N) is 3. The highest BCUT2D eigenvalue weighted by Gasteiger charge is 2.36. The molecular formula is C10H13N3O. The number of ether oxygens (including phenoxy) is 1. The summed E-state index contributed by atoms with van der Waals surface area (Å²) in [4.78, 5) is 0. The van der Waals surface area contributed by atoms with E-state index in [1.165, 1.54) is 0 Å². The van der Waals surface area contributed by atoms with Crippen molar-refractivity contribution in [3.05, 3.63) is 23.5 Å². The number of hydrogen-bond donors (Lipinski definition) is 3. The monoisotopic (exact) mass is 191 g/mol. The molecule has 2 atom stereocenters. The van der Waals surface area contributed by atoms with Crippen LogP contribution < -0.4 is 10.9 Å². The molecule has 0 spiro atoms. The second-order valence-electron chi connectivity index (χ2n) is 3.88. The van der Waals surface area contributed by atoms with Gasteiger partial charge in [-0.05, 0) is 6.08 Å². The van der Waals surface area contributed by atoms with Gasteiger partial charge < -0.3 is 10.1 Å². The molecule has 0 aromatic rings. The third-order valence-electron chi connectivity index (χ3n) is 3.03. The summed E-state index contributed by atoms with van der Waals surface area (Å²) in [5.74, 6) is 1.36. The van der Waals surface area contributed by atoms with Crippen molar-refractivity contribution >= 4 is 5.71 Å². The van der Waals surface area contributed by atoms with E-state index in [2.05, 4.69) is 16.9 Å². The Balaban J connectivity index is 2.04. The molecule has 4 heteroatoms. The first-order valence-electron chi connectivity index (χ1n) is 4.97. The lowest BCUT2D eigenvalue weighted by Crippen LogP contribution is -2.39. The van der Waals surface area contributed by atoms with Crippen LogP contribution in [0.25, 0.3) is 0 Å². The van der Waals surface area contributed by atoms with Crippen LogP contribution in [-0.4, -0.2) is 24.9 Å². The summed E-state index contributed by atoms with van der Waals surface area (Å²) in [6, 6.07) is 0.239. The average molecular weight is 191 g/mol. The maximum absolute atomic E-state index is 7.93. The van der Waals surface area contributed by atoms with Crippen LogP contribution in [0.15, 0.2) is 23.5 Å². The predicted molar refractivity (Wildman–Crippen MR) is 52.9 cm³/mol. The summed E-state index contributed by atoms with van der Waals surface area (Å²) in [6.45, 7) is 1.58. The molecule has 2 heterocycles. The third-order valence-corrected chi connectivity index (χ3v) is 3.03. The maximum atomic E-state index is 7.93. The van der Waals surface area contributed by atoms with Crippen LogP contribution in [0.2, 0.25) is 0 Å². The molecule has 1 saturated heterocycles. The molecule has 0 bridgehead atoms. The van der Waals surface area contributed by atoms with Gasteiger partial charge in [-0.3, -0.25) is 5.43 Å². The van der Waals surface area contributed by atoms with E-state index in [0.29, 0.717) is 12.5 Å². The van der Waals surface area contributed by atoms with Gasteiger partial charge in [-0.15, -0.1) is 0 Å². The van der Waals surface area contributed by atoms with Crippen LogP contribution in [-0.2, 0) is 4.74 Å². The van der Waals surface area contributed by atoms with Gasteiger partial charge >= 0.3 is 0 Å². The molecule has 0 aromatic heterocycles. The van der Waals surface area contributed by atoms with E-state index >= 15 is 0 Å². The van der Waals surface area contributed by atoms with Crippen LogP contribution >= 0.6 is 0 Å². The van der Waals surface area contributed by atoms with Crippen LogP contribution in [0, 0.1) is 11.3 Å². The van der Waals surface area contributed by atoms with E-state index in [1.54, 1.807) is 0 Å². The molecule has 14 heavy (non-hydrogen) atoms. The highest BCUT2D eigenvalue weighted by molar-refractivity contribution is 6.00. The van der Waals surface area contributed by atoms with Gasteiger partial charge in [0.2, 0.25) is 0 Å². The van der Waals surface area contributed by atoms with E-state index in [9.17, 15) is 0 Å². The molecule has 0 saturated carbocycles. The fourth-order valence-corrected chi connectivity index (χ4v) is 2.29. The third kappa shape index (κ3) is 1.04. The molecule has 0 radical (unpaired) electrons. The lowest BCUT2D eigenvalue weighted by Gasteiger charge is -2.29. The predicted octanol–water partition coefficient (Wildman–Crippen LogP) is 0.343. The molecule has 2 aliphatic heterocycles. The lowest BCUT2D eigenvalue weighted by molar-refractivity contribution is 0.218. The first-order chi connectivity index (χ1) is 6.86. The summed E-state index contributed by atoms with van der Waals surface area (Å²) in [5, 5.41) is 7.93. The van der Waals surface area contributed by atoms with Crippen molar-refractivity contribution in [1.29, 1.82) is 5.41 Å². The highest BCUT2D eigenvalue weighted by atomic mass is 16.5. The minimum absolute atomic E-state index is 0.239. The molecule has 3 rings (SSSR count). The molecule has 4 nitrogen and oxygen atoms in total. The molecule has 1 fully saturated rings. The molecule has 1 aliphatic carbocycles. The van der Waals surface area contributed by atoms with Crippen molar-refractivity contribution < 1.29 is 4.74 Å². The van der Waals surface area contributed by atoms with Gasteiger partial charge in [-0.25, -0.2) is 5.43 Å². The van der Waals surface area contributed by atoms with Crippen LogP contribution in [0.3, 0.4) is 0 Å². The maximum Gasteiger partial charge on any atom is 0.125 e.